The van der Waals surface area contributed by atoms with Crippen molar-refractivity contribution in [1.82, 2.24) is 0 Å². The van der Waals surface area contributed by atoms with E-state index < -0.39 is 28.1 Å². The van der Waals surface area contributed by atoms with Gasteiger partial charge in [-0.25, -0.2) is 8.42 Å². The molecule has 3 rings (SSSR count). The second-order valence-electron chi connectivity index (χ2n) is 10.0. The standard InChI is InChI=1S/C16H36P.C14H8O5S/c1-5-9-13-17(14-10-6-2,15-11-7-3)16-12-8-4;15-13-9-3-1-2-4-10(9)14(16)12-7-8(20(17,18)19)5-6-11(12)13/h5-16H2,1-4H3;1-7H,(H,17,18,19)/q+1;/p-1. The van der Waals surface area contributed by atoms with Crippen LogP contribution in [0.25, 0.3) is 0 Å². The van der Waals surface area contributed by atoms with Crippen LogP contribution in [-0.2, 0) is 10.1 Å². The first-order valence-corrected chi connectivity index (χ1v) is 17.7. The van der Waals surface area contributed by atoms with Crippen LogP contribution in [0.5, 0.6) is 0 Å². The van der Waals surface area contributed by atoms with Crippen LogP contribution in [0, 0.1) is 0 Å². The van der Waals surface area contributed by atoms with Gasteiger partial charge >= 0.3 is 0 Å². The summed E-state index contributed by atoms with van der Waals surface area (Å²) >= 11 is 0. The van der Waals surface area contributed by atoms with E-state index in [1.807, 2.05) is 0 Å². The summed E-state index contributed by atoms with van der Waals surface area (Å²) in [5.74, 6) is -0.814. The number of carbonyl (C=O) groups excluding carboxylic acids is 2. The lowest BCUT2D eigenvalue weighted by Crippen LogP contribution is -2.21. The van der Waals surface area contributed by atoms with E-state index in [2.05, 4.69) is 27.7 Å². The van der Waals surface area contributed by atoms with Crippen LogP contribution >= 0.6 is 7.26 Å². The quantitative estimate of drug-likeness (QED) is 0.163. The minimum atomic E-state index is -4.67. The summed E-state index contributed by atoms with van der Waals surface area (Å²) in [4.78, 5) is 24.0. The Bertz CT molecular complexity index is 1120. The highest BCUT2D eigenvalue weighted by molar-refractivity contribution is 7.85. The first-order valence-electron chi connectivity index (χ1n) is 13.8. The molecule has 0 heterocycles. The molecule has 0 atom stereocenters. The van der Waals surface area contributed by atoms with E-state index in [0.29, 0.717) is 0 Å². The Hall–Kier alpha value is -1.88. The zero-order valence-corrected chi connectivity index (χ0v) is 24.6. The average molecular weight is 547 g/mol. The fraction of sp³-hybridized carbons (Fsp3) is 0.533. The highest BCUT2D eigenvalue weighted by atomic mass is 32.2. The number of benzene rings is 2. The number of hydrogen-bond donors (Lipinski definition) is 0. The van der Waals surface area contributed by atoms with Crippen LogP contribution in [0.1, 0.15) is 111 Å². The van der Waals surface area contributed by atoms with E-state index in [1.54, 1.807) is 36.8 Å². The number of ketones is 2. The molecule has 0 aromatic heterocycles. The summed E-state index contributed by atoms with van der Waals surface area (Å²) < 4.78 is 33.0. The Kier molecular flexibility index (Phi) is 12.6. The third-order valence-electron chi connectivity index (χ3n) is 7.13. The SMILES string of the molecule is CCCC[P+](CCCC)(CCCC)CCCC.O=C1c2ccccc2C(=O)c2cc(S(=O)(=O)[O-])ccc21. The summed E-state index contributed by atoms with van der Waals surface area (Å²) in [5.41, 5.74) is 0.555. The molecule has 1 aliphatic carbocycles. The third-order valence-corrected chi connectivity index (χ3v) is 13.0. The molecule has 0 aliphatic heterocycles. The summed E-state index contributed by atoms with van der Waals surface area (Å²) in [6, 6.07) is 9.51. The van der Waals surface area contributed by atoms with Crippen molar-refractivity contribution in [2.45, 2.75) is 84.0 Å². The average Bonchev–Trinajstić information content (AvgIpc) is 2.90. The maximum atomic E-state index is 12.3. The maximum absolute atomic E-state index is 12.3. The van der Waals surface area contributed by atoms with E-state index in [4.69, 9.17) is 0 Å². The van der Waals surface area contributed by atoms with Crippen molar-refractivity contribution in [3.63, 3.8) is 0 Å². The van der Waals surface area contributed by atoms with Crippen LogP contribution in [-0.4, -0.2) is 49.2 Å². The van der Waals surface area contributed by atoms with Gasteiger partial charge in [0.25, 0.3) is 0 Å². The Morgan fingerprint density at radius 2 is 1.00 bits per heavy atom. The van der Waals surface area contributed by atoms with Crippen LogP contribution in [0.15, 0.2) is 47.4 Å². The van der Waals surface area contributed by atoms with E-state index in [-0.39, 0.29) is 28.0 Å². The molecule has 0 radical (unpaired) electrons. The smallest absolute Gasteiger partial charge is 0.194 e. The first-order chi connectivity index (χ1) is 17.6. The number of hydrogen-bond acceptors (Lipinski definition) is 5. The first kappa shape index (κ1) is 31.3. The zero-order valence-electron chi connectivity index (χ0n) is 22.9. The van der Waals surface area contributed by atoms with Crippen molar-refractivity contribution in [2.24, 2.45) is 0 Å². The summed E-state index contributed by atoms with van der Waals surface area (Å²) in [6.45, 7) is 9.42. The predicted octanol–water partition coefficient (Wildman–Crippen LogP) is 7.57. The van der Waals surface area contributed by atoms with Gasteiger partial charge in [0, 0.05) is 29.5 Å². The van der Waals surface area contributed by atoms with Crippen LogP contribution < -0.4 is 0 Å². The third kappa shape index (κ3) is 8.56. The Morgan fingerprint density at radius 3 is 1.38 bits per heavy atom. The number of rotatable bonds is 13. The van der Waals surface area contributed by atoms with Gasteiger partial charge < -0.3 is 4.55 Å². The second-order valence-corrected chi connectivity index (χ2v) is 15.9. The lowest BCUT2D eigenvalue weighted by Gasteiger charge is -2.28. The largest absolute Gasteiger partial charge is 0.744 e. The molecule has 0 fully saturated rings. The molecule has 0 saturated carbocycles. The minimum absolute atomic E-state index is 0.0503. The number of carbonyl (C=O) groups is 2. The van der Waals surface area contributed by atoms with Gasteiger partial charge in [-0.05, 0) is 43.9 Å². The monoisotopic (exact) mass is 546 g/mol. The molecule has 0 saturated heterocycles. The molecule has 0 bridgehead atoms. The van der Waals surface area contributed by atoms with Gasteiger partial charge in [-0.3, -0.25) is 9.59 Å². The molecule has 5 nitrogen and oxygen atoms in total. The number of unbranched alkanes of at least 4 members (excludes halogenated alkanes) is 4. The molecular formula is C30H43O5PS. The molecule has 0 N–H and O–H groups in total. The van der Waals surface area contributed by atoms with Crippen molar-refractivity contribution in [3.8, 4) is 0 Å². The second kappa shape index (κ2) is 14.9. The molecule has 204 valence electrons. The van der Waals surface area contributed by atoms with E-state index in [1.165, 1.54) is 69.6 Å². The summed E-state index contributed by atoms with van der Waals surface area (Å²) in [7, 11) is -5.23. The Balaban J connectivity index is 0.000000265. The van der Waals surface area contributed by atoms with Crippen molar-refractivity contribution in [2.75, 3.05) is 24.6 Å². The van der Waals surface area contributed by atoms with Crippen LogP contribution in [0.4, 0.5) is 0 Å². The molecule has 0 amide bonds. The van der Waals surface area contributed by atoms with Gasteiger partial charge in [-0.2, -0.15) is 0 Å². The zero-order chi connectivity index (χ0) is 27.5. The molecule has 0 spiro atoms. The summed E-state index contributed by atoms with van der Waals surface area (Å²) in [5, 5.41) is 0. The summed E-state index contributed by atoms with van der Waals surface area (Å²) in [6.07, 6.45) is 17.9. The number of fused-ring (bicyclic) bond motifs is 2. The molecule has 2 aromatic carbocycles. The van der Waals surface area contributed by atoms with Gasteiger partial charge in [0.05, 0.1) is 29.5 Å². The van der Waals surface area contributed by atoms with Gasteiger partial charge in [0.1, 0.15) is 10.1 Å². The van der Waals surface area contributed by atoms with E-state index in [9.17, 15) is 22.6 Å². The van der Waals surface area contributed by atoms with E-state index >= 15 is 0 Å². The van der Waals surface area contributed by atoms with Crippen molar-refractivity contribution in [1.29, 1.82) is 0 Å². The lowest BCUT2D eigenvalue weighted by atomic mass is 9.84. The predicted molar refractivity (Wildman–Crippen MR) is 154 cm³/mol. The molecule has 37 heavy (non-hydrogen) atoms. The fourth-order valence-electron chi connectivity index (χ4n) is 4.88. The minimum Gasteiger partial charge on any atom is -0.744 e. The van der Waals surface area contributed by atoms with Gasteiger partial charge in [0.2, 0.25) is 0 Å². The van der Waals surface area contributed by atoms with Gasteiger partial charge in [-0.15, -0.1) is 0 Å². The Morgan fingerprint density at radius 1 is 0.622 bits per heavy atom. The van der Waals surface area contributed by atoms with Crippen molar-refractivity contribution in [3.05, 3.63) is 64.7 Å². The highest BCUT2D eigenvalue weighted by Gasteiger charge is 2.34. The lowest BCUT2D eigenvalue weighted by molar-refractivity contribution is 0.0979. The highest BCUT2D eigenvalue weighted by Crippen LogP contribution is 2.61. The molecular weight excluding hydrogens is 503 g/mol. The van der Waals surface area contributed by atoms with Crippen LogP contribution in [0.3, 0.4) is 0 Å². The van der Waals surface area contributed by atoms with Crippen molar-refractivity contribution < 1.29 is 22.6 Å². The molecule has 2 aromatic rings. The fourth-order valence-corrected chi connectivity index (χ4v) is 10.7. The van der Waals surface area contributed by atoms with Crippen LogP contribution in [0.2, 0.25) is 0 Å². The van der Waals surface area contributed by atoms with E-state index in [0.717, 1.165) is 12.1 Å². The molecule has 0 unspecified atom stereocenters. The van der Waals surface area contributed by atoms with Gasteiger partial charge in [-0.1, -0.05) is 77.6 Å². The maximum Gasteiger partial charge on any atom is 0.194 e. The topological polar surface area (TPSA) is 91.3 Å². The van der Waals surface area contributed by atoms with Gasteiger partial charge in [0.15, 0.2) is 11.6 Å². The Labute approximate surface area is 224 Å². The van der Waals surface area contributed by atoms with Crippen molar-refractivity contribution >= 4 is 28.9 Å². The molecule has 7 heteroatoms. The normalized spacial score (nSPS) is 13.0. The molecule has 1 aliphatic rings.